The van der Waals surface area contributed by atoms with Crippen molar-refractivity contribution in [3.05, 3.63) is 53.2 Å². The number of esters is 1. The Balaban J connectivity index is 1.94. The van der Waals surface area contributed by atoms with Gasteiger partial charge in [0.05, 0.1) is 50.6 Å². The van der Waals surface area contributed by atoms with Crippen LogP contribution in [-0.2, 0) is 14.3 Å². The van der Waals surface area contributed by atoms with E-state index in [1.807, 2.05) is 47.9 Å². The van der Waals surface area contributed by atoms with Crippen LogP contribution in [0.4, 0.5) is 5.95 Å². The first-order valence-electron chi connectivity index (χ1n) is 10.4. The van der Waals surface area contributed by atoms with E-state index in [0.29, 0.717) is 41.1 Å². The van der Waals surface area contributed by atoms with Crippen molar-refractivity contribution in [3.63, 3.8) is 0 Å². The highest BCUT2D eigenvalue weighted by atomic mass is 16.6. The number of benzene rings is 2. The second-order valence-corrected chi connectivity index (χ2v) is 7.45. The van der Waals surface area contributed by atoms with Crippen LogP contribution in [0.25, 0.3) is 11.0 Å². The molecule has 9 nitrogen and oxygen atoms in total. The molecule has 0 amide bonds. The van der Waals surface area contributed by atoms with E-state index in [1.165, 1.54) is 0 Å². The summed E-state index contributed by atoms with van der Waals surface area (Å²) in [5, 5.41) is 3.26. The number of aromatic nitrogens is 2. The van der Waals surface area contributed by atoms with Crippen molar-refractivity contribution in [2.75, 3.05) is 47.0 Å². The first-order valence-corrected chi connectivity index (χ1v) is 10.4. The van der Waals surface area contributed by atoms with E-state index >= 15 is 0 Å². The number of para-hydroxylation sites is 2. The van der Waals surface area contributed by atoms with Crippen LogP contribution < -0.4 is 19.5 Å². The third kappa shape index (κ3) is 3.95. The molecule has 0 bridgehead atoms. The van der Waals surface area contributed by atoms with Gasteiger partial charge in [-0.25, -0.2) is 9.78 Å². The summed E-state index contributed by atoms with van der Waals surface area (Å²) in [4.78, 5) is 18.0. The fraction of sp³-hybridized carbons (Fsp3) is 0.333. The molecule has 0 fully saturated rings. The zero-order valence-corrected chi connectivity index (χ0v) is 19.3. The summed E-state index contributed by atoms with van der Waals surface area (Å²) in [7, 11) is 6.23. The molecule has 4 rings (SSSR count). The Morgan fingerprint density at radius 3 is 2.36 bits per heavy atom. The highest BCUT2D eigenvalue weighted by molar-refractivity contribution is 5.94. The van der Waals surface area contributed by atoms with Crippen LogP contribution in [-0.4, -0.2) is 57.2 Å². The maximum absolute atomic E-state index is 13.3. The number of carbonyl (C=O) groups excluding carboxylic acids is 1. The number of imidazole rings is 1. The Kier molecular flexibility index (Phi) is 6.41. The van der Waals surface area contributed by atoms with Crippen LogP contribution in [0.5, 0.6) is 17.2 Å². The number of fused-ring (bicyclic) bond motifs is 3. The lowest BCUT2D eigenvalue weighted by Gasteiger charge is -2.30. The Morgan fingerprint density at radius 1 is 1.03 bits per heavy atom. The monoisotopic (exact) mass is 453 g/mol. The average Bonchev–Trinajstić information content (AvgIpc) is 3.19. The van der Waals surface area contributed by atoms with E-state index < -0.39 is 12.0 Å². The minimum Gasteiger partial charge on any atom is -0.493 e. The number of anilines is 1. The molecule has 2 heterocycles. The van der Waals surface area contributed by atoms with Crippen molar-refractivity contribution < 1.29 is 28.5 Å². The van der Waals surface area contributed by atoms with Crippen LogP contribution >= 0.6 is 0 Å². The van der Waals surface area contributed by atoms with Crippen LogP contribution in [0.2, 0.25) is 0 Å². The molecule has 0 aliphatic carbocycles. The average molecular weight is 453 g/mol. The molecule has 0 saturated heterocycles. The standard InChI is InChI=1S/C24H27N3O6/c1-14-20(23(28)33-11-10-29-2)21(15-12-18(30-3)22(32-5)19(13-15)31-4)27-17-9-7-6-8-16(17)26-24(27)25-14/h6-9,12-13,21H,10-11H2,1-5H3,(H,25,26). The zero-order chi connectivity index (χ0) is 23.5. The lowest BCUT2D eigenvalue weighted by Crippen LogP contribution is -2.29. The molecule has 1 aliphatic rings. The number of hydrogen-bond donors (Lipinski definition) is 1. The van der Waals surface area contributed by atoms with Gasteiger partial charge >= 0.3 is 5.97 Å². The number of allylic oxidation sites excluding steroid dienone is 1. The molecule has 2 aromatic carbocycles. The van der Waals surface area contributed by atoms with Gasteiger partial charge in [0.25, 0.3) is 0 Å². The maximum atomic E-state index is 13.3. The number of nitrogens with one attached hydrogen (secondary N) is 1. The molecule has 1 unspecified atom stereocenters. The molecule has 0 spiro atoms. The van der Waals surface area contributed by atoms with Crippen molar-refractivity contribution in [2.45, 2.75) is 13.0 Å². The summed E-state index contributed by atoms with van der Waals surface area (Å²) >= 11 is 0. The lowest BCUT2D eigenvalue weighted by atomic mass is 9.94. The molecule has 1 N–H and O–H groups in total. The van der Waals surface area contributed by atoms with Crippen molar-refractivity contribution in [1.29, 1.82) is 0 Å². The summed E-state index contributed by atoms with van der Waals surface area (Å²) in [6, 6.07) is 10.9. The molecular formula is C24H27N3O6. The Bertz CT molecular complexity index is 1190. The van der Waals surface area contributed by atoms with Gasteiger partial charge < -0.3 is 29.0 Å². The van der Waals surface area contributed by atoms with E-state index in [1.54, 1.807) is 28.4 Å². The van der Waals surface area contributed by atoms with Crippen LogP contribution in [0, 0.1) is 0 Å². The zero-order valence-electron chi connectivity index (χ0n) is 19.3. The van der Waals surface area contributed by atoms with E-state index in [0.717, 1.165) is 16.6 Å². The van der Waals surface area contributed by atoms with Gasteiger partial charge in [0, 0.05) is 12.8 Å². The van der Waals surface area contributed by atoms with E-state index in [9.17, 15) is 4.79 Å². The molecule has 0 saturated carbocycles. The molecular weight excluding hydrogens is 426 g/mol. The predicted octanol–water partition coefficient (Wildman–Crippen LogP) is 3.54. The highest BCUT2D eigenvalue weighted by Crippen LogP contribution is 2.45. The minimum atomic E-state index is -0.544. The van der Waals surface area contributed by atoms with Crippen molar-refractivity contribution >= 4 is 23.0 Å². The first-order chi connectivity index (χ1) is 16.0. The molecule has 1 aliphatic heterocycles. The summed E-state index contributed by atoms with van der Waals surface area (Å²) in [6.45, 7) is 2.28. The Morgan fingerprint density at radius 2 is 1.73 bits per heavy atom. The number of hydrogen-bond acceptors (Lipinski definition) is 8. The van der Waals surface area contributed by atoms with Gasteiger partial charge in [0.2, 0.25) is 11.7 Å². The minimum absolute atomic E-state index is 0.144. The second-order valence-electron chi connectivity index (χ2n) is 7.45. The van der Waals surface area contributed by atoms with E-state index in [2.05, 4.69) is 5.32 Å². The largest absolute Gasteiger partial charge is 0.493 e. The smallest absolute Gasteiger partial charge is 0.338 e. The van der Waals surface area contributed by atoms with Crippen molar-refractivity contribution in [3.8, 4) is 17.2 Å². The molecule has 3 aromatic rings. The highest BCUT2D eigenvalue weighted by Gasteiger charge is 2.36. The number of methoxy groups -OCH3 is 4. The third-order valence-corrected chi connectivity index (χ3v) is 5.57. The molecule has 33 heavy (non-hydrogen) atoms. The van der Waals surface area contributed by atoms with Gasteiger partial charge in [-0.05, 0) is 36.8 Å². The Hall–Kier alpha value is -3.72. The van der Waals surface area contributed by atoms with Gasteiger partial charge in [-0.1, -0.05) is 12.1 Å². The maximum Gasteiger partial charge on any atom is 0.338 e. The van der Waals surface area contributed by atoms with E-state index in [-0.39, 0.29) is 6.61 Å². The SMILES string of the molecule is COCCOC(=O)C1=C(C)Nc2nc3ccccc3n2C1c1cc(OC)c(OC)c(OC)c1. The normalized spacial score (nSPS) is 15.1. The summed E-state index contributed by atoms with van der Waals surface area (Å²) < 4.78 is 29.2. The summed E-state index contributed by atoms with van der Waals surface area (Å²) in [5.41, 5.74) is 3.54. The van der Waals surface area contributed by atoms with Crippen LogP contribution in [0.3, 0.4) is 0 Å². The number of carbonyl (C=O) groups is 1. The molecule has 174 valence electrons. The van der Waals surface area contributed by atoms with Crippen molar-refractivity contribution in [1.82, 2.24) is 9.55 Å². The van der Waals surface area contributed by atoms with Gasteiger partial charge in [-0.15, -0.1) is 0 Å². The topological polar surface area (TPSA) is 93.1 Å². The van der Waals surface area contributed by atoms with Crippen LogP contribution in [0.1, 0.15) is 18.5 Å². The van der Waals surface area contributed by atoms with Crippen LogP contribution in [0.15, 0.2) is 47.7 Å². The number of ether oxygens (including phenoxy) is 5. The summed E-state index contributed by atoms with van der Waals surface area (Å²) in [6.07, 6.45) is 0. The molecule has 1 atom stereocenters. The summed E-state index contributed by atoms with van der Waals surface area (Å²) in [5.74, 6) is 1.63. The van der Waals surface area contributed by atoms with Gasteiger partial charge in [-0.2, -0.15) is 0 Å². The first kappa shape index (κ1) is 22.5. The molecule has 9 heteroatoms. The second kappa shape index (κ2) is 9.41. The predicted molar refractivity (Wildman–Crippen MR) is 123 cm³/mol. The van der Waals surface area contributed by atoms with Crippen molar-refractivity contribution in [2.24, 2.45) is 0 Å². The third-order valence-electron chi connectivity index (χ3n) is 5.57. The number of rotatable bonds is 8. The van der Waals surface area contributed by atoms with Gasteiger partial charge in [0.15, 0.2) is 11.5 Å². The quantitative estimate of drug-likeness (QED) is 0.409. The molecule has 1 aromatic heterocycles. The van der Waals surface area contributed by atoms with Gasteiger partial charge in [-0.3, -0.25) is 4.57 Å². The van der Waals surface area contributed by atoms with Gasteiger partial charge in [0.1, 0.15) is 6.61 Å². The molecule has 0 radical (unpaired) electrons. The van der Waals surface area contributed by atoms with E-state index in [4.69, 9.17) is 28.7 Å². The fourth-order valence-electron chi connectivity index (χ4n) is 4.10. The fourth-order valence-corrected chi connectivity index (χ4v) is 4.10. The lowest BCUT2D eigenvalue weighted by molar-refractivity contribution is -0.140. The number of nitrogens with zero attached hydrogens (tertiary/aromatic N) is 2. The Labute approximate surface area is 191 Å².